The summed E-state index contributed by atoms with van der Waals surface area (Å²) in [5.41, 5.74) is 0.798. The van der Waals surface area contributed by atoms with Crippen LogP contribution in [0.2, 0.25) is 0 Å². The molecule has 0 saturated heterocycles. The second-order valence-electron chi connectivity index (χ2n) is 4.99. The lowest BCUT2D eigenvalue weighted by atomic mass is 10.3. The molecule has 1 fully saturated rings. The van der Waals surface area contributed by atoms with Crippen LogP contribution in [0, 0.1) is 0 Å². The van der Waals surface area contributed by atoms with Gasteiger partial charge in [-0.25, -0.2) is 4.98 Å². The first-order valence-electron chi connectivity index (χ1n) is 6.90. The van der Waals surface area contributed by atoms with Gasteiger partial charge in [-0.05, 0) is 19.3 Å². The van der Waals surface area contributed by atoms with Crippen LogP contribution in [-0.2, 0) is 0 Å². The zero-order valence-corrected chi connectivity index (χ0v) is 11.2. The minimum Gasteiger partial charge on any atom is -0.395 e. The van der Waals surface area contributed by atoms with E-state index in [9.17, 15) is 5.11 Å². The predicted octanol–water partition coefficient (Wildman–Crippen LogP) is 1.21. The summed E-state index contributed by atoms with van der Waals surface area (Å²) in [6.45, 7) is 3.67. The van der Waals surface area contributed by atoms with Crippen molar-refractivity contribution in [2.24, 2.45) is 0 Å². The van der Waals surface area contributed by atoms with E-state index in [0.29, 0.717) is 12.5 Å². The molecule has 3 rings (SSSR count). The second-order valence-corrected chi connectivity index (χ2v) is 4.99. The van der Waals surface area contributed by atoms with E-state index in [-0.39, 0.29) is 6.61 Å². The van der Waals surface area contributed by atoms with Crippen LogP contribution in [0.15, 0.2) is 12.4 Å². The third kappa shape index (κ3) is 2.28. The smallest absolute Gasteiger partial charge is 0.203 e. The van der Waals surface area contributed by atoms with Crippen LogP contribution in [0.1, 0.15) is 37.9 Å². The van der Waals surface area contributed by atoms with E-state index in [1.807, 2.05) is 10.6 Å². The molecule has 1 saturated carbocycles. The lowest BCUT2D eigenvalue weighted by Gasteiger charge is -2.22. The SMILES string of the molecule is CCCN(CCO)c1nccn2c(C3CC3)nnc12. The molecule has 0 aliphatic heterocycles. The molecule has 0 spiro atoms. The summed E-state index contributed by atoms with van der Waals surface area (Å²) < 4.78 is 2.04. The Morgan fingerprint density at radius 3 is 2.89 bits per heavy atom. The Morgan fingerprint density at radius 2 is 2.21 bits per heavy atom. The van der Waals surface area contributed by atoms with Gasteiger partial charge in [0.2, 0.25) is 5.65 Å². The van der Waals surface area contributed by atoms with Crippen LogP contribution in [0.3, 0.4) is 0 Å². The van der Waals surface area contributed by atoms with Crippen molar-refractivity contribution in [1.82, 2.24) is 19.6 Å². The number of nitrogens with zero attached hydrogens (tertiary/aromatic N) is 5. The highest BCUT2D eigenvalue weighted by Crippen LogP contribution is 2.39. The molecule has 19 heavy (non-hydrogen) atoms. The van der Waals surface area contributed by atoms with Gasteiger partial charge in [-0.1, -0.05) is 6.92 Å². The third-order valence-electron chi connectivity index (χ3n) is 3.44. The van der Waals surface area contributed by atoms with Crippen molar-refractivity contribution in [2.75, 3.05) is 24.6 Å². The van der Waals surface area contributed by atoms with Crippen LogP contribution in [-0.4, -0.2) is 44.4 Å². The molecule has 1 aliphatic rings. The van der Waals surface area contributed by atoms with E-state index in [1.54, 1.807) is 6.20 Å². The van der Waals surface area contributed by atoms with E-state index in [2.05, 4.69) is 27.0 Å². The monoisotopic (exact) mass is 261 g/mol. The highest BCUT2D eigenvalue weighted by molar-refractivity contribution is 5.64. The molecule has 6 heteroatoms. The molecule has 1 aliphatic carbocycles. The molecule has 0 unspecified atom stereocenters. The first-order chi connectivity index (χ1) is 9.35. The molecular weight excluding hydrogens is 242 g/mol. The van der Waals surface area contributed by atoms with Crippen LogP contribution >= 0.6 is 0 Å². The summed E-state index contributed by atoms with van der Waals surface area (Å²) in [5, 5.41) is 17.8. The minimum absolute atomic E-state index is 0.117. The molecule has 102 valence electrons. The number of aliphatic hydroxyl groups excluding tert-OH is 1. The molecule has 0 radical (unpaired) electrons. The Bertz CT molecular complexity index is 557. The van der Waals surface area contributed by atoms with Crippen molar-refractivity contribution in [3.63, 3.8) is 0 Å². The van der Waals surface area contributed by atoms with Gasteiger partial charge in [-0.15, -0.1) is 10.2 Å². The van der Waals surface area contributed by atoms with Gasteiger partial charge in [0.25, 0.3) is 0 Å². The molecule has 2 heterocycles. The van der Waals surface area contributed by atoms with Crippen molar-refractivity contribution < 1.29 is 5.11 Å². The number of aromatic nitrogens is 4. The number of hydrogen-bond donors (Lipinski definition) is 1. The molecule has 2 aromatic heterocycles. The summed E-state index contributed by atoms with van der Waals surface area (Å²) in [7, 11) is 0. The fraction of sp³-hybridized carbons (Fsp3) is 0.615. The van der Waals surface area contributed by atoms with Gasteiger partial charge in [0.1, 0.15) is 5.82 Å². The number of hydrogen-bond acceptors (Lipinski definition) is 5. The van der Waals surface area contributed by atoms with Gasteiger partial charge < -0.3 is 10.0 Å². The summed E-state index contributed by atoms with van der Waals surface area (Å²) in [5.74, 6) is 2.42. The van der Waals surface area contributed by atoms with Crippen LogP contribution in [0.5, 0.6) is 0 Å². The number of anilines is 1. The topological polar surface area (TPSA) is 66.5 Å². The van der Waals surface area contributed by atoms with E-state index in [1.165, 1.54) is 12.8 Å². The van der Waals surface area contributed by atoms with Crippen molar-refractivity contribution >= 4 is 11.5 Å². The number of aliphatic hydroxyl groups is 1. The molecule has 6 nitrogen and oxygen atoms in total. The molecule has 0 amide bonds. The van der Waals surface area contributed by atoms with E-state index in [4.69, 9.17) is 0 Å². The summed E-state index contributed by atoms with van der Waals surface area (Å²) in [4.78, 5) is 6.50. The van der Waals surface area contributed by atoms with Gasteiger partial charge in [0.15, 0.2) is 5.82 Å². The van der Waals surface area contributed by atoms with Crippen LogP contribution < -0.4 is 4.90 Å². The summed E-state index contributed by atoms with van der Waals surface area (Å²) >= 11 is 0. The molecule has 0 aromatic carbocycles. The van der Waals surface area contributed by atoms with Gasteiger partial charge in [-0.3, -0.25) is 4.40 Å². The highest BCUT2D eigenvalue weighted by atomic mass is 16.3. The summed E-state index contributed by atoms with van der Waals surface area (Å²) in [6, 6.07) is 0. The maximum Gasteiger partial charge on any atom is 0.203 e. The van der Waals surface area contributed by atoms with E-state index >= 15 is 0 Å². The first-order valence-corrected chi connectivity index (χ1v) is 6.90. The lowest BCUT2D eigenvalue weighted by Crippen LogP contribution is -2.28. The first kappa shape index (κ1) is 12.3. The van der Waals surface area contributed by atoms with Crippen molar-refractivity contribution in [2.45, 2.75) is 32.1 Å². The maximum atomic E-state index is 9.19. The van der Waals surface area contributed by atoms with E-state index in [0.717, 1.165) is 30.3 Å². The van der Waals surface area contributed by atoms with Gasteiger partial charge in [-0.2, -0.15) is 0 Å². The molecule has 1 N–H and O–H groups in total. The second kappa shape index (κ2) is 5.13. The summed E-state index contributed by atoms with van der Waals surface area (Å²) in [6.07, 6.45) is 7.13. The Balaban J connectivity index is 2.02. The fourth-order valence-electron chi connectivity index (χ4n) is 2.39. The normalized spacial score (nSPS) is 15.1. The van der Waals surface area contributed by atoms with Gasteiger partial charge in [0.05, 0.1) is 6.61 Å². The number of rotatable bonds is 6. The number of fused-ring (bicyclic) bond motifs is 1. The highest BCUT2D eigenvalue weighted by Gasteiger charge is 2.29. The van der Waals surface area contributed by atoms with Crippen molar-refractivity contribution in [3.05, 3.63) is 18.2 Å². The molecular formula is C13H19N5O. The lowest BCUT2D eigenvalue weighted by molar-refractivity contribution is 0.301. The Morgan fingerprint density at radius 1 is 1.37 bits per heavy atom. The predicted molar refractivity (Wildman–Crippen MR) is 72.3 cm³/mol. The largest absolute Gasteiger partial charge is 0.395 e. The maximum absolute atomic E-state index is 9.19. The van der Waals surface area contributed by atoms with Crippen molar-refractivity contribution in [3.8, 4) is 0 Å². The molecule has 0 atom stereocenters. The van der Waals surface area contributed by atoms with Crippen molar-refractivity contribution in [1.29, 1.82) is 0 Å². The average Bonchev–Trinajstić information content (AvgIpc) is 3.17. The standard InChI is InChI=1S/C13H19N5O/c1-2-6-17(8-9-19)12-13-16-15-11(10-3-4-10)18(13)7-5-14-12/h5,7,10,19H,2-4,6,8-9H2,1H3. The zero-order valence-electron chi connectivity index (χ0n) is 11.2. The molecule has 2 aromatic rings. The van der Waals surface area contributed by atoms with Gasteiger partial charge in [0, 0.05) is 31.4 Å². The van der Waals surface area contributed by atoms with Crippen LogP contribution in [0.4, 0.5) is 5.82 Å². The van der Waals surface area contributed by atoms with Crippen LogP contribution in [0.25, 0.3) is 5.65 Å². The fourth-order valence-corrected chi connectivity index (χ4v) is 2.39. The Hall–Kier alpha value is -1.69. The average molecular weight is 261 g/mol. The Labute approximate surface area is 112 Å². The van der Waals surface area contributed by atoms with E-state index < -0.39 is 0 Å². The Kier molecular flexibility index (Phi) is 3.33. The quantitative estimate of drug-likeness (QED) is 0.846. The third-order valence-corrected chi connectivity index (χ3v) is 3.44. The minimum atomic E-state index is 0.117. The van der Waals surface area contributed by atoms with Gasteiger partial charge >= 0.3 is 0 Å². The molecule has 0 bridgehead atoms. The zero-order chi connectivity index (χ0) is 13.2.